The fraction of sp³-hybridized carbons (Fsp3) is 0.524. The molecule has 0 aromatic heterocycles. The smallest absolute Gasteiger partial charge is 0.408 e. The molecule has 1 heterocycles. The number of aldehydes is 1. The van der Waals surface area contributed by atoms with E-state index >= 15 is 0 Å². The van der Waals surface area contributed by atoms with Crippen LogP contribution in [-0.2, 0) is 25.7 Å². The number of hydrogen-bond acceptors (Lipinski definition) is 5. The van der Waals surface area contributed by atoms with Crippen molar-refractivity contribution in [3.8, 4) is 0 Å². The van der Waals surface area contributed by atoms with Crippen LogP contribution < -0.4 is 16.0 Å². The molecule has 3 amide bonds. The number of hydrogen-bond donors (Lipinski definition) is 3. The fourth-order valence-electron chi connectivity index (χ4n) is 2.88. The summed E-state index contributed by atoms with van der Waals surface area (Å²) in [5.41, 5.74) is -0.871. The summed E-state index contributed by atoms with van der Waals surface area (Å²) >= 11 is 0. The SMILES string of the molecule is [2H]c1c([2H])c([2H])c(C([2H])([2H])OC(=O)N[C@@H](CC(C)C)C(=O)N[C@H](C=O)C[C@@H]2CCNC2=O)c([2H])c1[2H]. The second kappa shape index (κ2) is 11.2. The minimum atomic E-state index is -3.13. The van der Waals surface area contributed by atoms with E-state index in [4.69, 9.17) is 14.3 Å². The molecule has 0 unspecified atom stereocenters. The third-order valence-corrected chi connectivity index (χ3v) is 4.25. The third-order valence-electron chi connectivity index (χ3n) is 4.25. The van der Waals surface area contributed by atoms with Crippen molar-refractivity contribution in [2.75, 3.05) is 6.54 Å². The number of ether oxygens (including phenoxy) is 1. The number of carbonyl (C=O) groups excluding carboxylic acids is 4. The molecule has 0 saturated carbocycles. The summed E-state index contributed by atoms with van der Waals surface area (Å²) in [4.78, 5) is 48.7. The number of nitrogens with one attached hydrogen (secondary N) is 3. The van der Waals surface area contributed by atoms with Crippen molar-refractivity contribution in [3.05, 3.63) is 35.8 Å². The Morgan fingerprint density at radius 3 is 2.66 bits per heavy atom. The quantitative estimate of drug-likeness (QED) is 0.506. The lowest BCUT2D eigenvalue weighted by Crippen LogP contribution is -2.51. The summed E-state index contributed by atoms with van der Waals surface area (Å²) < 4.78 is 59.6. The molecule has 0 bridgehead atoms. The Hall–Kier alpha value is -2.90. The maximum Gasteiger partial charge on any atom is 0.408 e. The van der Waals surface area contributed by atoms with Gasteiger partial charge in [-0.15, -0.1) is 0 Å². The minimum Gasteiger partial charge on any atom is -0.445 e. The number of carbonyl (C=O) groups is 4. The van der Waals surface area contributed by atoms with Crippen molar-refractivity contribution in [2.45, 2.75) is 51.8 Å². The topological polar surface area (TPSA) is 114 Å². The van der Waals surface area contributed by atoms with Gasteiger partial charge in [-0.05, 0) is 30.7 Å². The predicted molar refractivity (Wildman–Crippen MR) is 107 cm³/mol. The molecule has 1 aliphatic heterocycles. The maximum atomic E-state index is 12.8. The number of rotatable bonds is 10. The van der Waals surface area contributed by atoms with Crippen molar-refractivity contribution in [1.82, 2.24) is 16.0 Å². The van der Waals surface area contributed by atoms with Crippen LogP contribution in [0.15, 0.2) is 30.2 Å². The molecule has 1 aliphatic rings. The molecular formula is C21H29N3O5. The molecule has 0 aliphatic carbocycles. The summed E-state index contributed by atoms with van der Waals surface area (Å²) in [5.74, 6) is -1.52. The molecule has 3 atom stereocenters. The van der Waals surface area contributed by atoms with Crippen LogP contribution in [-0.4, -0.2) is 42.8 Å². The van der Waals surface area contributed by atoms with Gasteiger partial charge in [0, 0.05) is 12.5 Å². The molecular weight excluding hydrogens is 374 g/mol. The molecule has 0 spiro atoms. The van der Waals surface area contributed by atoms with Crippen LogP contribution >= 0.6 is 0 Å². The highest BCUT2D eigenvalue weighted by Crippen LogP contribution is 2.16. The first-order valence-electron chi connectivity index (χ1n) is 12.8. The Morgan fingerprint density at radius 2 is 2.07 bits per heavy atom. The highest BCUT2D eigenvalue weighted by Gasteiger charge is 2.30. The zero-order chi connectivity index (χ0) is 27.4. The van der Waals surface area contributed by atoms with Gasteiger partial charge in [0.1, 0.15) is 18.9 Å². The van der Waals surface area contributed by atoms with Crippen LogP contribution in [0.3, 0.4) is 0 Å². The van der Waals surface area contributed by atoms with Crippen LogP contribution in [0.5, 0.6) is 0 Å². The van der Waals surface area contributed by atoms with E-state index in [1.807, 2.05) is 0 Å². The van der Waals surface area contributed by atoms with E-state index in [1.165, 1.54) is 0 Å². The monoisotopic (exact) mass is 410 g/mol. The molecule has 1 aromatic rings. The summed E-state index contributed by atoms with van der Waals surface area (Å²) in [5, 5.41) is 7.34. The lowest BCUT2D eigenvalue weighted by Gasteiger charge is -2.23. The second-order valence-electron chi connectivity index (χ2n) is 7.08. The third kappa shape index (κ3) is 7.56. The number of amides is 3. The second-order valence-corrected chi connectivity index (χ2v) is 7.08. The Labute approximate surface area is 180 Å². The fourth-order valence-corrected chi connectivity index (χ4v) is 2.88. The average molecular weight is 411 g/mol. The van der Waals surface area contributed by atoms with Gasteiger partial charge in [0.05, 0.1) is 15.6 Å². The van der Waals surface area contributed by atoms with Gasteiger partial charge in [0.25, 0.3) is 0 Å². The van der Waals surface area contributed by atoms with Crippen molar-refractivity contribution < 1.29 is 33.5 Å². The Morgan fingerprint density at radius 1 is 1.34 bits per heavy atom. The van der Waals surface area contributed by atoms with E-state index in [1.54, 1.807) is 13.8 Å². The van der Waals surface area contributed by atoms with Crippen LogP contribution in [0, 0.1) is 11.8 Å². The van der Waals surface area contributed by atoms with Crippen molar-refractivity contribution in [1.29, 1.82) is 0 Å². The van der Waals surface area contributed by atoms with Gasteiger partial charge in [-0.1, -0.05) is 44.1 Å². The molecule has 158 valence electrons. The largest absolute Gasteiger partial charge is 0.445 e. The van der Waals surface area contributed by atoms with Gasteiger partial charge in [-0.2, -0.15) is 0 Å². The van der Waals surface area contributed by atoms with E-state index < -0.39 is 72.3 Å². The molecule has 1 aromatic carbocycles. The Bertz CT molecular complexity index is 1010. The lowest BCUT2D eigenvalue weighted by atomic mass is 9.98. The van der Waals surface area contributed by atoms with Crippen molar-refractivity contribution >= 4 is 24.2 Å². The van der Waals surface area contributed by atoms with Gasteiger partial charge in [0.15, 0.2) is 0 Å². The molecule has 2 rings (SSSR count). The Balaban J connectivity index is 2.17. The summed E-state index contributed by atoms with van der Waals surface area (Å²) in [6, 6.07) is -6.31. The molecule has 8 nitrogen and oxygen atoms in total. The lowest BCUT2D eigenvalue weighted by molar-refractivity contribution is -0.127. The summed E-state index contributed by atoms with van der Waals surface area (Å²) in [6.07, 6.45) is -0.228. The van der Waals surface area contributed by atoms with Gasteiger partial charge < -0.3 is 25.5 Å². The molecule has 3 N–H and O–H groups in total. The zero-order valence-corrected chi connectivity index (χ0v) is 16.3. The minimum absolute atomic E-state index is 0.0813. The van der Waals surface area contributed by atoms with E-state index in [0.717, 1.165) is 0 Å². The van der Waals surface area contributed by atoms with Gasteiger partial charge in [-0.3, -0.25) is 9.59 Å². The van der Waals surface area contributed by atoms with E-state index in [2.05, 4.69) is 16.0 Å². The van der Waals surface area contributed by atoms with Crippen LogP contribution in [0.1, 0.15) is 48.3 Å². The molecule has 29 heavy (non-hydrogen) atoms. The standard InChI is InChI=1S/C21H29N3O5/c1-14(2)10-18(24-21(28)29-13-15-6-4-3-5-7-15)20(27)23-17(12-25)11-16-8-9-22-19(16)26/h3-7,12,14,16-18H,8-11,13H2,1-2H3,(H,22,26)(H,23,27)(H,24,28)/t16-,17-,18-/m0/s1/i3D,4D,5D,6D,7D,13D2. The van der Waals surface area contributed by atoms with E-state index in [-0.39, 0.29) is 24.7 Å². The van der Waals surface area contributed by atoms with Crippen molar-refractivity contribution in [3.63, 3.8) is 0 Å². The van der Waals surface area contributed by atoms with Gasteiger partial charge in [-0.25, -0.2) is 4.79 Å². The number of alkyl carbamates (subject to hydrolysis) is 1. The highest BCUT2D eigenvalue weighted by molar-refractivity contribution is 5.88. The highest BCUT2D eigenvalue weighted by atomic mass is 16.5. The first kappa shape index (κ1) is 14.1. The van der Waals surface area contributed by atoms with Crippen LogP contribution in [0.25, 0.3) is 0 Å². The van der Waals surface area contributed by atoms with Gasteiger partial charge in [0.2, 0.25) is 11.8 Å². The molecule has 8 heteroatoms. The Kier molecular flexibility index (Phi) is 5.45. The first-order chi connectivity index (χ1) is 16.7. The van der Waals surface area contributed by atoms with Crippen LogP contribution in [0.2, 0.25) is 0 Å². The van der Waals surface area contributed by atoms with E-state index in [0.29, 0.717) is 19.3 Å². The summed E-state index contributed by atoms with van der Waals surface area (Å²) in [6.45, 7) is 0.874. The summed E-state index contributed by atoms with van der Waals surface area (Å²) in [7, 11) is 0. The molecule has 0 radical (unpaired) electrons. The predicted octanol–water partition coefficient (Wildman–Crippen LogP) is 1.54. The first-order valence-corrected chi connectivity index (χ1v) is 9.29. The normalized spacial score (nSPS) is 21.8. The number of benzene rings is 1. The van der Waals surface area contributed by atoms with Crippen molar-refractivity contribution in [2.24, 2.45) is 11.8 Å². The zero-order valence-electron chi connectivity index (χ0n) is 23.3. The molecule has 1 fully saturated rings. The van der Waals surface area contributed by atoms with Gasteiger partial charge >= 0.3 is 6.09 Å². The van der Waals surface area contributed by atoms with Crippen LogP contribution in [0.4, 0.5) is 4.79 Å². The van der Waals surface area contributed by atoms with E-state index in [9.17, 15) is 19.2 Å². The average Bonchev–Trinajstić information content (AvgIpc) is 3.18. The maximum absolute atomic E-state index is 12.8. The molecule has 1 saturated heterocycles.